The van der Waals surface area contributed by atoms with Crippen molar-refractivity contribution in [2.45, 2.75) is 31.8 Å². The molecule has 0 amide bonds. The van der Waals surface area contributed by atoms with E-state index in [1.165, 1.54) is 17.8 Å². The molecule has 1 atom stereocenters. The van der Waals surface area contributed by atoms with Gasteiger partial charge in [-0.2, -0.15) is 0 Å². The maximum Gasteiger partial charge on any atom is 0.166 e. The van der Waals surface area contributed by atoms with E-state index in [1.807, 2.05) is 31.3 Å². The fourth-order valence-electron chi connectivity index (χ4n) is 3.44. The van der Waals surface area contributed by atoms with Crippen LogP contribution in [0.1, 0.15) is 42.4 Å². The zero-order valence-electron chi connectivity index (χ0n) is 16.2. The summed E-state index contributed by atoms with van der Waals surface area (Å²) in [7, 11) is 2.18. The van der Waals surface area contributed by atoms with Crippen molar-refractivity contribution in [3.05, 3.63) is 53.6 Å². The van der Waals surface area contributed by atoms with Crippen molar-refractivity contribution >= 4 is 17.2 Å². The Morgan fingerprint density at radius 1 is 1.18 bits per heavy atom. The van der Waals surface area contributed by atoms with Crippen LogP contribution in [-0.4, -0.2) is 40.0 Å². The molecule has 4 rings (SSSR count). The summed E-state index contributed by atoms with van der Waals surface area (Å²) in [4.78, 5) is 16.6. The Bertz CT molecular complexity index is 922. The number of anilines is 1. The van der Waals surface area contributed by atoms with Gasteiger partial charge in [-0.3, -0.25) is 4.98 Å². The first-order chi connectivity index (χ1) is 13.6. The van der Waals surface area contributed by atoms with Crippen LogP contribution in [0, 0.1) is 0 Å². The molecule has 28 heavy (non-hydrogen) atoms. The monoisotopic (exact) mass is 395 g/mol. The van der Waals surface area contributed by atoms with Gasteiger partial charge in [0.25, 0.3) is 0 Å². The summed E-state index contributed by atoms with van der Waals surface area (Å²) in [5, 5.41) is 1.22. The van der Waals surface area contributed by atoms with Crippen molar-refractivity contribution in [3.63, 3.8) is 0 Å². The molecule has 0 spiro atoms. The Morgan fingerprint density at radius 3 is 2.68 bits per heavy atom. The van der Waals surface area contributed by atoms with E-state index in [2.05, 4.69) is 21.9 Å². The molecule has 1 fully saturated rings. The zero-order chi connectivity index (χ0) is 19.5. The maximum atomic E-state index is 6.09. The van der Waals surface area contributed by atoms with Crippen molar-refractivity contribution in [3.8, 4) is 16.2 Å². The molecule has 1 aliphatic heterocycles. The van der Waals surface area contributed by atoms with Gasteiger partial charge in [-0.15, -0.1) is 11.3 Å². The van der Waals surface area contributed by atoms with Gasteiger partial charge in [0.1, 0.15) is 6.10 Å². The molecule has 0 radical (unpaired) electrons. The Hall–Kier alpha value is -2.51. The number of hydrogen-bond donors (Lipinski definition) is 1. The fourth-order valence-corrected chi connectivity index (χ4v) is 4.51. The van der Waals surface area contributed by atoms with Crippen molar-refractivity contribution in [2.75, 3.05) is 25.9 Å². The molecule has 7 heteroatoms. The van der Waals surface area contributed by atoms with Crippen LogP contribution in [0.2, 0.25) is 0 Å². The molecule has 3 aromatic heterocycles. The van der Waals surface area contributed by atoms with Gasteiger partial charge >= 0.3 is 0 Å². The van der Waals surface area contributed by atoms with E-state index < -0.39 is 0 Å². The van der Waals surface area contributed by atoms with Crippen molar-refractivity contribution in [2.24, 2.45) is 0 Å². The van der Waals surface area contributed by atoms with Crippen LogP contribution in [0.25, 0.3) is 10.4 Å². The predicted octanol–water partition coefficient (Wildman–Crippen LogP) is 4.13. The molecule has 1 saturated heterocycles. The molecule has 0 aliphatic carbocycles. The van der Waals surface area contributed by atoms with Gasteiger partial charge in [0.2, 0.25) is 0 Å². The van der Waals surface area contributed by atoms with Gasteiger partial charge in [0, 0.05) is 36.3 Å². The number of likely N-dealkylation sites (tertiary alicyclic amines) is 1. The number of pyridine rings is 2. The van der Waals surface area contributed by atoms with Crippen LogP contribution in [0.4, 0.5) is 5.82 Å². The summed E-state index contributed by atoms with van der Waals surface area (Å²) < 4.78 is 6.09. The molecular weight excluding hydrogens is 370 g/mol. The average Bonchev–Trinajstić information content (AvgIpc) is 3.21. The van der Waals surface area contributed by atoms with Crippen molar-refractivity contribution in [1.29, 1.82) is 0 Å². The largest absolute Gasteiger partial charge is 0.482 e. The Morgan fingerprint density at radius 2 is 1.93 bits per heavy atom. The summed E-state index contributed by atoms with van der Waals surface area (Å²) in [6.45, 7) is 4.26. The van der Waals surface area contributed by atoms with E-state index in [9.17, 15) is 0 Å². The molecule has 0 aromatic carbocycles. The standard InChI is InChI=1S/C21H25N5OS/c1-14(15-3-7-23-8-4-15)27-18-11-17(12-24-20(18)22)19-13-25-21(28-19)16-5-9-26(2)10-6-16/h3-4,7-8,11-14,16H,5-6,9-10H2,1-2H3,(H2,22,24). The van der Waals surface area contributed by atoms with Crippen LogP contribution >= 0.6 is 11.3 Å². The number of nitrogen functional groups attached to an aromatic ring is 1. The minimum atomic E-state index is -0.140. The lowest BCUT2D eigenvalue weighted by Gasteiger charge is -2.27. The molecule has 6 nitrogen and oxygen atoms in total. The summed E-state index contributed by atoms with van der Waals surface area (Å²) in [5.41, 5.74) is 8.10. The molecule has 4 heterocycles. The van der Waals surface area contributed by atoms with Crippen molar-refractivity contribution < 1.29 is 4.74 Å². The van der Waals surface area contributed by atoms with Gasteiger partial charge in [0.05, 0.1) is 9.88 Å². The van der Waals surface area contributed by atoms with Crippen LogP contribution in [0.15, 0.2) is 43.0 Å². The topological polar surface area (TPSA) is 77.2 Å². The van der Waals surface area contributed by atoms with Crippen LogP contribution in [-0.2, 0) is 0 Å². The lowest BCUT2D eigenvalue weighted by Crippen LogP contribution is -2.29. The molecule has 0 bridgehead atoms. The van der Waals surface area contributed by atoms with Gasteiger partial charge in [-0.05, 0) is 63.7 Å². The highest BCUT2D eigenvalue weighted by Crippen LogP contribution is 2.37. The molecule has 2 N–H and O–H groups in total. The van der Waals surface area contributed by atoms with Gasteiger partial charge in [-0.1, -0.05) is 0 Å². The number of hydrogen-bond acceptors (Lipinski definition) is 7. The quantitative estimate of drug-likeness (QED) is 0.700. The minimum Gasteiger partial charge on any atom is -0.482 e. The second-order valence-electron chi connectivity index (χ2n) is 7.29. The third kappa shape index (κ3) is 4.15. The Balaban J connectivity index is 1.52. The van der Waals surface area contributed by atoms with E-state index in [1.54, 1.807) is 29.9 Å². The van der Waals surface area contributed by atoms with Crippen LogP contribution in [0.3, 0.4) is 0 Å². The minimum absolute atomic E-state index is 0.140. The highest BCUT2D eigenvalue weighted by atomic mass is 32.1. The molecule has 146 valence electrons. The molecule has 1 unspecified atom stereocenters. The highest BCUT2D eigenvalue weighted by molar-refractivity contribution is 7.15. The summed E-state index contributed by atoms with van der Waals surface area (Å²) >= 11 is 1.75. The SMILES string of the molecule is CC(Oc1cc(-c2cnc(C3CCN(C)CC3)s2)cnc1N)c1ccncc1. The van der Waals surface area contributed by atoms with E-state index >= 15 is 0 Å². The lowest BCUT2D eigenvalue weighted by atomic mass is 9.98. The van der Waals surface area contributed by atoms with E-state index in [0.717, 1.165) is 29.1 Å². The number of nitrogens with zero attached hydrogens (tertiary/aromatic N) is 4. The molecule has 0 saturated carbocycles. The third-order valence-corrected chi connectivity index (χ3v) is 6.45. The van der Waals surface area contributed by atoms with Gasteiger partial charge in [0.15, 0.2) is 11.6 Å². The number of nitrogens with two attached hydrogens (primary N) is 1. The maximum absolute atomic E-state index is 6.09. The summed E-state index contributed by atoms with van der Waals surface area (Å²) in [6, 6.07) is 5.84. The highest BCUT2D eigenvalue weighted by Gasteiger charge is 2.21. The smallest absolute Gasteiger partial charge is 0.166 e. The second kappa shape index (κ2) is 8.24. The van der Waals surface area contributed by atoms with E-state index in [0.29, 0.717) is 17.5 Å². The first kappa shape index (κ1) is 18.8. The number of piperidine rings is 1. The molecule has 1 aliphatic rings. The number of rotatable bonds is 5. The number of thiazole rings is 1. The number of ether oxygens (including phenoxy) is 1. The van der Waals surface area contributed by atoms with Crippen LogP contribution < -0.4 is 10.5 Å². The number of aromatic nitrogens is 3. The fraction of sp³-hybridized carbons (Fsp3) is 0.381. The molecule has 3 aromatic rings. The first-order valence-electron chi connectivity index (χ1n) is 9.57. The Labute approximate surface area is 169 Å². The first-order valence-corrected chi connectivity index (χ1v) is 10.4. The normalized spacial score (nSPS) is 16.8. The zero-order valence-corrected chi connectivity index (χ0v) is 17.0. The van der Waals surface area contributed by atoms with E-state index in [4.69, 9.17) is 15.5 Å². The lowest BCUT2D eigenvalue weighted by molar-refractivity contribution is 0.227. The third-order valence-electron chi connectivity index (χ3n) is 5.24. The van der Waals surface area contributed by atoms with Crippen molar-refractivity contribution in [1.82, 2.24) is 19.9 Å². The van der Waals surface area contributed by atoms with Gasteiger partial charge < -0.3 is 15.4 Å². The van der Waals surface area contributed by atoms with Gasteiger partial charge in [-0.25, -0.2) is 9.97 Å². The van der Waals surface area contributed by atoms with Crippen LogP contribution in [0.5, 0.6) is 5.75 Å². The van der Waals surface area contributed by atoms with E-state index in [-0.39, 0.29) is 6.10 Å². The Kier molecular flexibility index (Phi) is 5.54. The summed E-state index contributed by atoms with van der Waals surface area (Å²) in [6.07, 6.45) is 9.46. The summed E-state index contributed by atoms with van der Waals surface area (Å²) in [5.74, 6) is 1.54. The average molecular weight is 396 g/mol. The second-order valence-corrected chi connectivity index (χ2v) is 8.35. The molecular formula is C21H25N5OS. The predicted molar refractivity (Wildman–Crippen MR) is 113 cm³/mol.